The van der Waals surface area contributed by atoms with Crippen molar-refractivity contribution < 1.29 is 14.0 Å². The SMILES string of the molecule is C[N+]12CCC34c5ccccc5N5C(=O)C[C@@H]6OCC=C(C1)[C@H](C[C@@H]32)[C@@H]6[C@H]54. The standard InChI is InChI=1S/C22H25N2O2/c1-24-8-7-22-15-4-2-3-5-16(15)23-19(25)11-17-20(21(22)23)14(10-18(22)24)13(12-24)6-9-26-17/h2-6,14,17-18,20-21H,7-12H2,1H3/q+1/t14-,17-,18-,20-,21-,22?,24?/m0/s1. The number of carbonyl (C=O) groups is 1. The third-order valence-corrected chi connectivity index (χ3v) is 8.91. The molecule has 2 bridgehead atoms. The van der Waals surface area contributed by atoms with Crippen LogP contribution >= 0.6 is 0 Å². The molecule has 1 spiro atoms. The maximum absolute atomic E-state index is 13.3. The molecular formula is C22H25N2O2+. The molecule has 1 amide bonds. The molecule has 0 aromatic heterocycles. The number of hydrogen-bond donors (Lipinski definition) is 0. The van der Waals surface area contributed by atoms with Crippen LogP contribution in [0.5, 0.6) is 0 Å². The molecule has 7 atom stereocenters. The summed E-state index contributed by atoms with van der Waals surface area (Å²) in [6.45, 7) is 3.12. The van der Waals surface area contributed by atoms with Crippen LogP contribution in [-0.2, 0) is 14.9 Å². The van der Waals surface area contributed by atoms with E-state index >= 15 is 0 Å². The summed E-state index contributed by atoms with van der Waals surface area (Å²) in [4.78, 5) is 15.5. The van der Waals surface area contributed by atoms with Gasteiger partial charge in [-0.1, -0.05) is 24.3 Å². The Balaban J connectivity index is 1.56. The van der Waals surface area contributed by atoms with Crippen LogP contribution < -0.4 is 4.90 Å². The Morgan fingerprint density at radius 2 is 2.19 bits per heavy atom. The lowest BCUT2D eigenvalue weighted by molar-refractivity contribution is -0.925. The van der Waals surface area contributed by atoms with E-state index in [9.17, 15) is 4.79 Å². The lowest BCUT2D eigenvalue weighted by atomic mass is 9.53. The minimum absolute atomic E-state index is 0.104. The summed E-state index contributed by atoms with van der Waals surface area (Å²) in [5, 5.41) is 0. The summed E-state index contributed by atoms with van der Waals surface area (Å²) in [5.74, 6) is 1.36. The highest BCUT2D eigenvalue weighted by molar-refractivity contribution is 5.99. The number of quaternary nitrogens is 1. The van der Waals surface area contributed by atoms with Crippen molar-refractivity contribution in [1.82, 2.24) is 0 Å². The van der Waals surface area contributed by atoms with E-state index in [1.165, 1.54) is 37.2 Å². The van der Waals surface area contributed by atoms with Crippen molar-refractivity contribution in [3.8, 4) is 0 Å². The average Bonchev–Trinajstić information content (AvgIpc) is 3.05. The monoisotopic (exact) mass is 349 g/mol. The number of para-hydroxylation sites is 1. The molecule has 4 fully saturated rings. The molecule has 26 heavy (non-hydrogen) atoms. The minimum atomic E-state index is 0.104. The lowest BCUT2D eigenvalue weighted by Crippen LogP contribution is -2.72. The van der Waals surface area contributed by atoms with E-state index in [1.54, 1.807) is 5.57 Å². The van der Waals surface area contributed by atoms with Gasteiger partial charge in [0.1, 0.15) is 12.6 Å². The number of likely N-dealkylation sites (N-methyl/N-ethyl adjacent to an activating group) is 1. The van der Waals surface area contributed by atoms with Crippen LogP contribution in [0.25, 0.3) is 0 Å². The number of anilines is 1. The molecule has 1 aromatic rings. The Hall–Kier alpha value is -1.65. The molecule has 5 heterocycles. The molecule has 3 saturated heterocycles. The van der Waals surface area contributed by atoms with Crippen molar-refractivity contribution in [3.63, 3.8) is 0 Å². The number of hydrogen-bond acceptors (Lipinski definition) is 2. The first-order valence-electron chi connectivity index (χ1n) is 10.2. The molecular weight excluding hydrogens is 324 g/mol. The van der Waals surface area contributed by atoms with Gasteiger partial charge in [-0.2, -0.15) is 0 Å². The van der Waals surface area contributed by atoms with Crippen molar-refractivity contribution in [2.45, 2.75) is 42.9 Å². The first kappa shape index (κ1) is 14.4. The Kier molecular flexibility index (Phi) is 2.36. The summed E-state index contributed by atoms with van der Waals surface area (Å²) in [6, 6.07) is 9.76. The molecule has 1 saturated carbocycles. The molecule has 0 N–H and O–H groups in total. The summed E-state index contributed by atoms with van der Waals surface area (Å²) < 4.78 is 7.45. The highest BCUT2D eigenvalue weighted by Crippen LogP contribution is 2.67. The predicted molar refractivity (Wildman–Crippen MR) is 97.8 cm³/mol. The zero-order valence-corrected chi connectivity index (χ0v) is 15.2. The molecule has 5 aliphatic heterocycles. The molecule has 7 rings (SSSR count). The smallest absolute Gasteiger partial charge is 0.229 e. The Morgan fingerprint density at radius 1 is 1.31 bits per heavy atom. The van der Waals surface area contributed by atoms with Crippen LogP contribution in [0.2, 0.25) is 0 Å². The van der Waals surface area contributed by atoms with Gasteiger partial charge < -0.3 is 14.1 Å². The first-order valence-corrected chi connectivity index (χ1v) is 10.2. The van der Waals surface area contributed by atoms with Crippen molar-refractivity contribution in [2.75, 3.05) is 31.6 Å². The largest absolute Gasteiger partial charge is 0.373 e. The Bertz CT molecular complexity index is 894. The van der Waals surface area contributed by atoms with Crippen molar-refractivity contribution in [2.24, 2.45) is 11.8 Å². The van der Waals surface area contributed by atoms with Crippen molar-refractivity contribution in [1.29, 1.82) is 0 Å². The Morgan fingerprint density at radius 3 is 3.12 bits per heavy atom. The fraction of sp³-hybridized carbons (Fsp3) is 0.591. The number of carbonyl (C=O) groups excluding carboxylic acids is 1. The molecule has 1 aliphatic carbocycles. The number of benzene rings is 1. The lowest BCUT2D eigenvalue weighted by Gasteiger charge is -2.59. The van der Waals surface area contributed by atoms with Crippen LogP contribution in [0.3, 0.4) is 0 Å². The summed E-state index contributed by atoms with van der Waals surface area (Å²) in [6.07, 6.45) is 5.51. The van der Waals surface area contributed by atoms with E-state index in [-0.39, 0.29) is 17.4 Å². The van der Waals surface area contributed by atoms with Crippen LogP contribution in [0.15, 0.2) is 35.9 Å². The van der Waals surface area contributed by atoms with Gasteiger partial charge in [0, 0.05) is 24.4 Å². The fourth-order valence-electron chi connectivity index (χ4n) is 8.14. The second kappa shape index (κ2) is 4.26. The van der Waals surface area contributed by atoms with E-state index in [2.05, 4.69) is 42.3 Å². The van der Waals surface area contributed by atoms with Crippen molar-refractivity contribution >= 4 is 11.6 Å². The van der Waals surface area contributed by atoms with E-state index in [1.807, 2.05) is 0 Å². The topological polar surface area (TPSA) is 29.5 Å². The van der Waals surface area contributed by atoms with E-state index < -0.39 is 0 Å². The first-order chi connectivity index (χ1) is 12.6. The maximum atomic E-state index is 13.3. The van der Waals surface area contributed by atoms with Crippen LogP contribution in [0.4, 0.5) is 5.69 Å². The number of ether oxygens (including phenoxy) is 1. The van der Waals surface area contributed by atoms with Crippen molar-refractivity contribution in [3.05, 3.63) is 41.5 Å². The van der Waals surface area contributed by atoms with Gasteiger partial charge in [-0.15, -0.1) is 0 Å². The van der Waals surface area contributed by atoms with Gasteiger partial charge in [0.25, 0.3) is 0 Å². The highest BCUT2D eigenvalue weighted by Gasteiger charge is 2.75. The van der Waals surface area contributed by atoms with Gasteiger partial charge in [0.15, 0.2) is 0 Å². The molecule has 4 heteroatoms. The predicted octanol–water partition coefficient (Wildman–Crippen LogP) is 2.24. The second-order valence-electron chi connectivity index (χ2n) is 9.67. The van der Waals surface area contributed by atoms with Crippen LogP contribution in [0.1, 0.15) is 24.8 Å². The Labute approximate surface area is 154 Å². The van der Waals surface area contributed by atoms with Gasteiger partial charge in [0.2, 0.25) is 5.91 Å². The third-order valence-electron chi connectivity index (χ3n) is 8.91. The summed E-state index contributed by atoms with van der Waals surface area (Å²) in [5.41, 5.74) is 4.43. The zero-order chi connectivity index (χ0) is 17.3. The number of piperidine rings is 2. The number of rotatable bonds is 0. The number of nitrogens with zero attached hydrogens (tertiary/aromatic N) is 2. The average molecular weight is 349 g/mol. The molecule has 1 aromatic carbocycles. The van der Waals surface area contributed by atoms with Crippen LogP contribution in [-0.4, -0.2) is 55.3 Å². The summed E-state index contributed by atoms with van der Waals surface area (Å²) in [7, 11) is 2.47. The van der Waals surface area contributed by atoms with Gasteiger partial charge in [0.05, 0.1) is 44.2 Å². The van der Waals surface area contributed by atoms with Gasteiger partial charge in [-0.25, -0.2) is 0 Å². The molecule has 2 unspecified atom stereocenters. The normalized spacial score (nSPS) is 49.6. The quantitative estimate of drug-likeness (QED) is 0.531. The second-order valence-corrected chi connectivity index (χ2v) is 9.67. The van der Waals surface area contributed by atoms with E-state index in [0.717, 1.165) is 4.48 Å². The highest BCUT2D eigenvalue weighted by atomic mass is 16.5. The number of amides is 1. The number of fused-ring (bicyclic) bond motifs is 2. The van der Waals surface area contributed by atoms with Gasteiger partial charge in [-0.3, -0.25) is 4.79 Å². The molecule has 0 radical (unpaired) electrons. The van der Waals surface area contributed by atoms with E-state index in [4.69, 9.17) is 4.74 Å². The summed E-state index contributed by atoms with van der Waals surface area (Å²) >= 11 is 0. The van der Waals surface area contributed by atoms with Crippen LogP contribution in [0, 0.1) is 11.8 Å². The van der Waals surface area contributed by atoms with Gasteiger partial charge >= 0.3 is 0 Å². The third kappa shape index (κ3) is 1.34. The zero-order valence-electron chi connectivity index (χ0n) is 15.2. The fourth-order valence-corrected chi connectivity index (χ4v) is 8.14. The molecule has 6 aliphatic rings. The van der Waals surface area contributed by atoms with Gasteiger partial charge in [-0.05, 0) is 23.1 Å². The maximum Gasteiger partial charge on any atom is 0.229 e. The van der Waals surface area contributed by atoms with E-state index in [0.29, 0.717) is 36.9 Å². The molecule has 4 nitrogen and oxygen atoms in total. The minimum Gasteiger partial charge on any atom is -0.373 e. The molecule has 134 valence electrons.